The van der Waals surface area contributed by atoms with Crippen molar-refractivity contribution in [3.8, 4) is 5.75 Å². The Bertz CT molecular complexity index is 386. The van der Waals surface area contributed by atoms with Crippen LogP contribution in [0.1, 0.15) is 18.4 Å². The van der Waals surface area contributed by atoms with E-state index in [0.29, 0.717) is 12.5 Å². The van der Waals surface area contributed by atoms with Crippen LogP contribution in [0.5, 0.6) is 5.75 Å². The van der Waals surface area contributed by atoms with E-state index in [4.69, 9.17) is 4.74 Å². The smallest absolute Gasteiger partial charge is 0.119 e. The molecule has 0 aliphatic carbocycles. The number of likely N-dealkylation sites (tertiary alicyclic amines) is 1. The van der Waals surface area contributed by atoms with Crippen LogP contribution in [0.4, 0.5) is 0 Å². The number of nitrogens with zero attached hydrogens (tertiary/aromatic N) is 1. The summed E-state index contributed by atoms with van der Waals surface area (Å²) in [5.41, 5.74) is 1.21. The van der Waals surface area contributed by atoms with Gasteiger partial charge in [0.05, 0.1) is 6.61 Å². The van der Waals surface area contributed by atoms with Crippen molar-refractivity contribution in [1.29, 1.82) is 0 Å². The molecule has 1 aromatic rings. The Morgan fingerprint density at radius 2 is 2.11 bits per heavy atom. The zero-order valence-corrected chi connectivity index (χ0v) is 12.0. The minimum atomic E-state index is 0.222. The number of aliphatic hydroxyl groups excluding tert-OH is 1. The summed E-state index contributed by atoms with van der Waals surface area (Å²) in [6, 6.07) is 8.10. The normalized spacial score (nSPS) is 19.3. The molecule has 1 aromatic carbocycles. The molecule has 1 fully saturated rings. The third kappa shape index (κ3) is 4.22. The molecular weight excluding hydrogens is 238 g/mol. The lowest BCUT2D eigenvalue weighted by Crippen LogP contribution is -2.36. The summed E-state index contributed by atoms with van der Waals surface area (Å²) in [5.74, 6) is 1.76. The summed E-state index contributed by atoms with van der Waals surface area (Å²) in [4.78, 5) is 2.35. The molecule has 0 aromatic heterocycles. The van der Waals surface area contributed by atoms with E-state index in [-0.39, 0.29) is 12.5 Å². The lowest BCUT2D eigenvalue weighted by molar-refractivity contribution is 0.0809. The van der Waals surface area contributed by atoms with Crippen LogP contribution in [0.2, 0.25) is 0 Å². The molecule has 1 heterocycles. The van der Waals surface area contributed by atoms with Crippen LogP contribution in [0.25, 0.3) is 0 Å². The first-order valence-corrected chi connectivity index (χ1v) is 7.18. The predicted octanol–water partition coefficient (Wildman–Crippen LogP) is 2.32. The number of hydrogen-bond acceptors (Lipinski definition) is 3. The number of aliphatic hydroxyl groups is 1. The molecule has 2 rings (SSSR count). The molecule has 1 aliphatic heterocycles. The molecule has 1 saturated heterocycles. The quantitative estimate of drug-likeness (QED) is 0.885. The fourth-order valence-electron chi connectivity index (χ4n) is 2.75. The lowest BCUT2D eigenvalue weighted by Gasteiger charge is -2.33. The summed E-state index contributed by atoms with van der Waals surface area (Å²) >= 11 is 0. The Labute approximate surface area is 116 Å². The summed E-state index contributed by atoms with van der Waals surface area (Å²) in [6.07, 6.45) is 2.33. The van der Waals surface area contributed by atoms with Gasteiger partial charge in [0, 0.05) is 12.5 Å². The number of hydrogen-bond donors (Lipinski definition) is 1. The van der Waals surface area contributed by atoms with Crippen molar-refractivity contribution in [2.45, 2.75) is 19.8 Å². The highest BCUT2D eigenvalue weighted by atomic mass is 16.5. The maximum Gasteiger partial charge on any atom is 0.119 e. The van der Waals surface area contributed by atoms with Crippen molar-refractivity contribution < 1.29 is 9.84 Å². The van der Waals surface area contributed by atoms with Crippen molar-refractivity contribution in [3.63, 3.8) is 0 Å². The molecule has 0 radical (unpaired) electrons. The van der Waals surface area contributed by atoms with Gasteiger partial charge in [-0.3, -0.25) is 0 Å². The number of aryl methyl sites for hydroxylation is 1. The van der Waals surface area contributed by atoms with Gasteiger partial charge in [-0.25, -0.2) is 0 Å². The second-order valence-corrected chi connectivity index (χ2v) is 5.71. The van der Waals surface area contributed by atoms with E-state index < -0.39 is 0 Å². The molecule has 1 N–H and O–H groups in total. The summed E-state index contributed by atoms with van der Waals surface area (Å²) < 4.78 is 5.85. The van der Waals surface area contributed by atoms with Gasteiger partial charge in [0.15, 0.2) is 0 Å². The summed E-state index contributed by atoms with van der Waals surface area (Å²) in [6.45, 7) is 5.17. The first-order chi connectivity index (χ1) is 9.19. The third-order valence-corrected chi connectivity index (χ3v) is 4.12. The zero-order chi connectivity index (χ0) is 13.7. The van der Waals surface area contributed by atoms with E-state index in [9.17, 15) is 5.11 Å². The van der Waals surface area contributed by atoms with Gasteiger partial charge in [-0.15, -0.1) is 0 Å². The molecule has 1 atom stereocenters. The largest absolute Gasteiger partial charge is 0.493 e. The number of benzene rings is 1. The highest BCUT2D eigenvalue weighted by molar-refractivity contribution is 5.27. The van der Waals surface area contributed by atoms with Crippen molar-refractivity contribution in [2.75, 3.05) is 33.4 Å². The fourth-order valence-corrected chi connectivity index (χ4v) is 2.75. The second-order valence-electron chi connectivity index (χ2n) is 5.71. The average Bonchev–Trinajstić information content (AvgIpc) is 2.41. The summed E-state index contributed by atoms with van der Waals surface area (Å²) in [7, 11) is 2.16. The van der Waals surface area contributed by atoms with Crippen LogP contribution in [-0.2, 0) is 0 Å². The van der Waals surface area contributed by atoms with Gasteiger partial charge in [-0.2, -0.15) is 0 Å². The molecule has 106 valence electrons. The molecular formula is C16H25NO2. The maximum atomic E-state index is 9.58. The zero-order valence-electron chi connectivity index (χ0n) is 12.0. The van der Waals surface area contributed by atoms with Gasteiger partial charge in [0.25, 0.3) is 0 Å². The lowest BCUT2D eigenvalue weighted by atomic mass is 9.85. The van der Waals surface area contributed by atoms with Gasteiger partial charge in [0.2, 0.25) is 0 Å². The van der Waals surface area contributed by atoms with E-state index in [1.54, 1.807) is 0 Å². The number of piperidine rings is 1. The van der Waals surface area contributed by atoms with Crippen LogP contribution in [0.15, 0.2) is 24.3 Å². The highest BCUT2D eigenvalue weighted by Crippen LogP contribution is 2.25. The van der Waals surface area contributed by atoms with Crippen LogP contribution < -0.4 is 4.74 Å². The van der Waals surface area contributed by atoms with Crippen molar-refractivity contribution >= 4 is 0 Å². The van der Waals surface area contributed by atoms with E-state index in [0.717, 1.165) is 18.8 Å². The van der Waals surface area contributed by atoms with Crippen molar-refractivity contribution in [3.05, 3.63) is 29.8 Å². The van der Waals surface area contributed by atoms with Gasteiger partial charge >= 0.3 is 0 Å². The van der Waals surface area contributed by atoms with Crippen LogP contribution in [0.3, 0.4) is 0 Å². The van der Waals surface area contributed by atoms with E-state index in [1.807, 2.05) is 18.2 Å². The molecule has 19 heavy (non-hydrogen) atoms. The van der Waals surface area contributed by atoms with Crippen LogP contribution in [-0.4, -0.2) is 43.4 Å². The first-order valence-electron chi connectivity index (χ1n) is 7.18. The van der Waals surface area contributed by atoms with Crippen molar-refractivity contribution in [1.82, 2.24) is 4.90 Å². The second kappa shape index (κ2) is 6.92. The third-order valence-electron chi connectivity index (χ3n) is 4.12. The van der Waals surface area contributed by atoms with Gasteiger partial charge in [-0.05, 0) is 63.5 Å². The highest BCUT2D eigenvalue weighted by Gasteiger charge is 2.25. The van der Waals surface area contributed by atoms with Gasteiger partial charge in [-0.1, -0.05) is 12.1 Å². The topological polar surface area (TPSA) is 32.7 Å². The van der Waals surface area contributed by atoms with Crippen LogP contribution >= 0.6 is 0 Å². The van der Waals surface area contributed by atoms with Crippen LogP contribution in [0, 0.1) is 18.8 Å². The Kier molecular flexibility index (Phi) is 5.23. The molecule has 0 amide bonds. The molecule has 3 heteroatoms. The average molecular weight is 263 g/mol. The Morgan fingerprint density at radius 1 is 1.37 bits per heavy atom. The van der Waals surface area contributed by atoms with Gasteiger partial charge in [0.1, 0.15) is 5.75 Å². The number of ether oxygens (including phenoxy) is 1. The van der Waals surface area contributed by atoms with Gasteiger partial charge < -0.3 is 14.7 Å². The Balaban J connectivity index is 1.85. The molecule has 3 nitrogen and oxygen atoms in total. The molecule has 1 aliphatic rings. The standard InChI is InChI=1S/C16H25NO2/c1-13-4-3-5-16(10-13)19-12-15(11-18)14-6-8-17(2)9-7-14/h3-5,10,14-15,18H,6-9,11-12H2,1-2H3. The minimum absolute atomic E-state index is 0.222. The monoisotopic (exact) mass is 263 g/mol. The molecule has 0 bridgehead atoms. The van der Waals surface area contributed by atoms with E-state index in [2.05, 4.69) is 24.9 Å². The Morgan fingerprint density at radius 3 is 2.74 bits per heavy atom. The number of rotatable bonds is 5. The predicted molar refractivity (Wildman–Crippen MR) is 77.5 cm³/mol. The molecule has 0 saturated carbocycles. The minimum Gasteiger partial charge on any atom is -0.493 e. The van der Waals surface area contributed by atoms with E-state index >= 15 is 0 Å². The van der Waals surface area contributed by atoms with Crippen molar-refractivity contribution in [2.24, 2.45) is 11.8 Å². The SMILES string of the molecule is Cc1cccc(OCC(CO)C2CCN(C)CC2)c1. The maximum absolute atomic E-state index is 9.58. The van der Waals surface area contributed by atoms with E-state index in [1.165, 1.54) is 18.4 Å². The fraction of sp³-hybridized carbons (Fsp3) is 0.625. The first kappa shape index (κ1) is 14.4. The molecule has 0 spiro atoms. The summed E-state index contributed by atoms with van der Waals surface area (Å²) in [5, 5.41) is 9.58. The molecule has 1 unspecified atom stereocenters. The Hall–Kier alpha value is -1.06.